The van der Waals surface area contributed by atoms with Crippen LogP contribution in [-0.2, 0) is 18.6 Å². The second-order valence-electron chi connectivity index (χ2n) is 5.60. The van der Waals surface area contributed by atoms with Crippen LogP contribution in [0.4, 0.5) is 0 Å². The lowest BCUT2D eigenvalue weighted by molar-refractivity contribution is 0.559. The Kier molecular flexibility index (Phi) is 3.54. The van der Waals surface area contributed by atoms with Crippen LogP contribution in [0.3, 0.4) is 0 Å². The van der Waals surface area contributed by atoms with Crippen molar-refractivity contribution in [3.8, 4) is 0 Å². The first-order valence-electron chi connectivity index (χ1n) is 7.32. The Morgan fingerprint density at radius 2 is 2.09 bits per heavy atom. The van der Waals surface area contributed by atoms with Gasteiger partial charge in [0.1, 0.15) is 9.92 Å². The van der Waals surface area contributed by atoms with Crippen molar-refractivity contribution in [1.82, 2.24) is 4.98 Å². The Labute approximate surface area is 136 Å². The van der Waals surface area contributed by atoms with Gasteiger partial charge in [0, 0.05) is 28.3 Å². The number of benzene rings is 1. The van der Waals surface area contributed by atoms with Crippen LogP contribution in [0.2, 0.25) is 0 Å². The summed E-state index contributed by atoms with van der Waals surface area (Å²) in [4.78, 5) is 16.3. The van der Waals surface area contributed by atoms with Gasteiger partial charge in [0.2, 0.25) is 0 Å². The molecule has 0 amide bonds. The third-order valence-corrected chi connectivity index (χ3v) is 6.18. The maximum Gasteiger partial charge on any atom is 0.336 e. The molecule has 22 heavy (non-hydrogen) atoms. The van der Waals surface area contributed by atoms with Gasteiger partial charge in [-0.2, -0.15) is 0 Å². The average Bonchev–Trinajstić information content (AvgIpc) is 3.10. The van der Waals surface area contributed by atoms with Crippen LogP contribution in [0, 0.1) is 6.92 Å². The number of rotatable bonds is 3. The molecule has 1 aromatic carbocycles. The molecule has 0 saturated heterocycles. The van der Waals surface area contributed by atoms with Crippen molar-refractivity contribution in [3.63, 3.8) is 0 Å². The van der Waals surface area contributed by atoms with Crippen LogP contribution >= 0.6 is 23.1 Å². The lowest BCUT2D eigenvalue weighted by Crippen LogP contribution is -2.00. The van der Waals surface area contributed by atoms with E-state index >= 15 is 0 Å². The van der Waals surface area contributed by atoms with Crippen LogP contribution in [0.1, 0.15) is 28.8 Å². The molecule has 112 valence electrons. The molecule has 0 fully saturated rings. The molecular weight excluding hydrogens is 314 g/mol. The fourth-order valence-electron chi connectivity index (χ4n) is 2.95. The topological polar surface area (TPSA) is 43.1 Å². The van der Waals surface area contributed by atoms with Gasteiger partial charge >= 0.3 is 5.63 Å². The second kappa shape index (κ2) is 5.56. The monoisotopic (exact) mass is 329 g/mol. The van der Waals surface area contributed by atoms with E-state index in [-0.39, 0.29) is 5.63 Å². The van der Waals surface area contributed by atoms with Gasteiger partial charge in [-0.15, -0.1) is 11.3 Å². The van der Waals surface area contributed by atoms with Crippen molar-refractivity contribution < 1.29 is 4.42 Å². The summed E-state index contributed by atoms with van der Waals surface area (Å²) in [6.45, 7) is 2.00. The minimum Gasteiger partial charge on any atom is -0.423 e. The Balaban J connectivity index is 1.74. The molecule has 1 aliphatic carbocycles. The number of aryl methyl sites for hydroxylation is 3. The number of nitrogens with zero attached hydrogens (tertiary/aromatic N) is 1. The van der Waals surface area contributed by atoms with Crippen molar-refractivity contribution in [2.45, 2.75) is 36.3 Å². The highest BCUT2D eigenvalue weighted by Gasteiger charge is 2.15. The molecule has 0 saturated carbocycles. The maximum absolute atomic E-state index is 11.8. The molecule has 0 radical (unpaired) electrons. The summed E-state index contributed by atoms with van der Waals surface area (Å²) in [6, 6.07) is 5.89. The summed E-state index contributed by atoms with van der Waals surface area (Å²) < 4.78 is 6.45. The van der Waals surface area contributed by atoms with E-state index < -0.39 is 0 Å². The molecule has 0 atom stereocenters. The molecule has 0 spiro atoms. The van der Waals surface area contributed by atoms with Gasteiger partial charge < -0.3 is 4.42 Å². The summed E-state index contributed by atoms with van der Waals surface area (Å²) in [5.74, 6) is 0.744. The molecule has 1 aliphatic rings. The predicted molar refractivity (Wildman–Crippen MR) is 90.9 cm³/mol. The van der Waals surface area contributed by atoms with Gasteiger partial charge in [-0.25, -0.2) is 9.78 Å². The highest BCUT2D eigenvalue weighted by atomic mass is 32.2. The average molecular weight is 329 g/mol. The zero-order chi connectivity index (χ0) is 15.1. The SMILES string of the molecule is Cc1csc(SCc2cc(=O)oc3cc4c(cc23)CCC4)n1. The van der Waals surface area contributed by atoms with E-state index in [1.165, 1.54) is 17.5 Å². The molecule has 5 heteroatoms. The Morgan fingerprint density at radius 1 is 1.27 bits per heavy atom. The van der Waals surface area contributed by atoms with Gasteiger partial charge in [-0.05, 0) is 55.0 Å². The van der Waals surface area contributed by atoms with Crippen molar-refractivity contribution >= 4 is 34.1 Å². The minimum absolute atomic E-state index is 0.267. The highest BCUT2D eigenvalue weighted by Crippen LogP contribution is 2.32. The zero-order valence-electron chi connectivity index (χ0n) is 12.2. The molecule has 2 aromatic heterocycles. The Morgan fingerprint density at radius 3 is 2.86 bits per heavy atom. The Hall–Kier alpha value is -1.59. The van der Waals surface area contributed by atoms with Crippen LogP contribution in [0.5, 0.6) is 0 Å². The minimum atomic E-state index is -0.267. The van der Waals surface area contributed by atoms with Crippen molar-refractivity contribution in [1.29, 1.82) is 0 Å². The number of thioether (sulfide) groups is 1. The van der Waals surface area contributed by atoms with Crippen LogP contribution in [-0.4, -0.2) is 4.98 Å². The van der Waals surface area contributed by atoms with Crippen LogP contribution in [0.25, 0.3) is 11.0 Å². The third-order valence-electron chi connectivity index (χ3n) is 3.99. The molecule has 2 heterocycles. The quantitative estimate of drug-likeness (QED) is 0.529. The van der Waals surface area contributed by atoms with Gasteiger partial charge in [0.15, 0.2) is 0 Å². The molecule has 0 bridgehead atoms. The predicted octanol–water partition coefficient (Wildman–Crippen LogP) is 4.34. The molecule has 0 N–H and O–H groups in total. The molecule has 0 unspecified atom stereocenters. The fourth-order valence-corrected chi connectivity index (χ4v) is 4.79. The summed E-state index contributed by atoms with van der Waals surface area (Å²) in [6.07, 6.45) is 3.41. The molecule has 4 rings (SSSR count). The highest BCUT2D eigenvalue weighted by molar-refractivity contribution is 8.00. The van der Waals surface area contributed by atoms with E-state index in [0.29, 0.717) is 0 Å². The van der Waals surface area contributed by atoms with E-state index in [2.05, 4.69) is 17.1 Å². The van der Waals surface area contributed by atoms with Gasteiger partial charge in [0.25, 0.3) is 0 Å². The van der Waals surface area contributed by atoms with Gasteiger partial charge in [-0.1, -0.05) is 11.8 Å². The second-order valence-corrected chi connectivity index (χ2v) is 7.69. The van der Waals surface area contributed by atoms with E-state index in [4.69, 9.17) is 4.42 Å². The maximum atomic E-state index is 11.8. The number of hydrogen-bond donors (Lipinski definition) is 0. The van der Waals surface area contributed by atoms with Crippen molar-refractivity contribution in [3.05, 3.63) is 56.4 Å². The standard InChI is InChI=1S/C17H15NO2S2/c1-10-8-21-17(18-10)22-9-13-7-16(19)20-15-6-12-4-2-3-11(12)5-14(13)15/h5-8H,2-4,9H2,1H3. The normalized spacial score (nSPS) is 13.7. The zero-order valence-corrected chi connectivity index (χ0v) is 13.9. The molecular formula is C17H15NO2S2. The fraction of sp³-hybridized carbons (Fsp3) is 0.294. The van der Waals surface area contributed by atoms with E-state index in [1.807, 2.05) is 12.3 Å². The lowest BCUT2D eigenvalue weighted by atomic mass is 10.0. The smallest absolute Gasteiger partial charge is 0.336 e. The summed E-state index contributed by atoms with van der Waals surface area (Å²) in [7, 11) is 0. The van der Waals surface area contributed by atoms with Crippen LogP contribution < -0.4 is 5.63 Å². The summed E-state index contributed by atoms with van der Waals surface area (Å²) in [5, 5.41) is 3.12. The number of aromatic nitrogens is 1. The number of fused-ring (bicyclic) bond motifs is 2. The van der Waals surface area contributed by atoms with E-state index in [1.54, 1.807) is 29.2 Å². The summed E-state index contributed by atoms with van der Waals surface area (Å²) >= 11 is 3.33. The number of hydrogen-bond acceptors (Lipinski definition) is 5. The Bertz CT molecular complexity index is 911. The van der Waals surface area contributed by atoms with E-state index in [0.717, 1.165) is 45.2 Å². The van der Waals surface area contributed by atoms with Gasteiger partial charge in [-0.3, -0.25) is 0 Å². The molecule has 0 aliphatic heterocycles. The third kappa shape index (κ3) is 2.59. The van der Waals surface area contributed by atoms with Crippen molar-refractivity contribution in [2.24, 2.45) is 0 Å². The summed E-state index contributed by atoms with van der Waals surface area (Å²) in [5.41, 5.74) is 5.27. The first-order valence-corrected chi connectivity index (χ1v) is 9.19. The molecule has 3 nitrogen and oxygen atoms in total. The van der Waals surface area contributed by atoms with Crippen molar-refractivity contribution in [2.75, 3.05) is 0 Å². The first-order chi connectivity index (χ1) is 10.7. The lowest BCUT2D eigenvalue weighted by Gasteiger charge is -2.07. The van der Waals surface area contributed by atoms with Crippen LogP contribution in [0.15, 0.2) is 37.1 Å². The van der Waals surface area contributed by atoms with Gasteiger partial charge in [0.05, 0.1) is 0 Å². The number of thiazole rings is 1. The van der Waals surface area contributed by atoms with E-state index in [9.17, 15) is 4.79 Å². The largest absolute Gasteiger partial charge is 0.423 e. The first kappa shape index (κ1) is 14.0. The molecule has 3 aromatic rings.